The van der Waals surface area contributed by atoms with E-state index < -0.39 is 0 Å². The van der Waals surface area contributed by atoms with Crippen LogP contribution in [0.4, 0.5) is 0 Å². The normalized spacial score (nSPS) is 11.7. The largest absolute Gasteiger partial charge is 0.283 e. The molecule has 0 spiro atoms. The molecule has 0 radical (unpaired) electrons. The molecule has 0 saturated heterocycles. The first-order chi connectivity index (χ1) is 11.1. The maximum atomic E-state index is 12.3. The lowest BCUT2D eigenvalue weighted by molar-refractivity contribution is 0.0959. The van der Waals surface area contributed by atoms with Gasteiger partial charge in [-0.2, -0.15) is 5.10 Å². The summed E-state index contributed by atoms with van der Waals surface area (Å²) in [6.45, 7) is 1.77. The minimum atomic E-state index is -0.359. The standard InChI is InChI=1S/C16H11Cl2N3OS/c1-9(12-4-2-3-7-19-12)20-21-16(22)15-14(18)11-6-5-10(17)8-13(11)23-15/h2-8H,1H3,(H,21,22)/b20-9+. The Balaban J connectivity index is 1.85. The van der Waals surface area contributed by atoms with E-state index in [1.807, 2.05) is 18.2 Å². The summed E-state index contributed by atoms with van der Waals surface area (Å²) in [5.74, 6) is -0.359. The second kappa shape index (κ2) is 6.66. The van der Waals surface area contributed by atoms with Gasteiger partial charge in [0.05, 0.1) is 16.4 Å². The second-order valence-electron chi connectivity index (χ2n) is 4.74. The van der Waals surface area contributed by atoms with Crippen molar-refractivity contribution in [2.24, 2.45) is 5.10 Å². The Morgan fingerprint density at radius 3 is 2.83 bits per heavy atom. The van der Waals surface area contributed by atoms with Crippen LogP contribution in [0.1, 0.15) is 22.3 Å². The molecule has 7 heteroatoms. The summed E-state index contributed by atoms with van der Waals surface area (Å²) in [7, 11) is 0. The van der Waals surface area contributed by atoms with E-state index in [1.54, 1.807) is 31.3 Å². The Morgan fingerprint density at radius 1 is 1.26 bits per heavy atom. The highest BCUT2D eigenvalue weighted by atomic mass is 35.5. The molecule has 1 aromatic carbocycles. The molecule has 0 aliphatic rings. The quantitative estimate of drug-likeness (QED) is 0.538. The average Bonchev–Trinajstić information content (AvgIpc) is 2.89. The van der Waals surface area contributed by atoms with E-state index in [9.17, 15) is 4.79 Å². The van der Waals surface area contributed by atoms with Crippen LogP contribution >= 0.6 is 34.5 Å². The maximum Gasteiger partial charge on any atom is 0.283 e. The Morgan fingerprint density at radius 2 is 2.09 bits per heavy atom. The number of halogens is 2. The molecule has 23 heavy (non-hydrogen) atoms. The molecule has 0 unspecified atom stereocenters. The summed E-state index contributed by atoms with van der Waals surface area (Å²) in [6.07, 6.45) is 1.67. The van der Waals surface area contributed by atoms with Crippen LogP contribution in [0.15, 0.2) is 47.7 Å². The minimum absolute atomic E-state index is 0.359. The fourth-order valence-corrected chi connectivity index (χ4v) is 3.69. The van der Waals surface area contributed by atoms with Crippen molar-refractivity contribution < 1.29 is 4.79 Å². The van der Waals surface area contributed by atoms with Gasteiger partial charge in [0, 0.05) is 21.3 Å². The van der Waals surface area contributed by atoms with Crippen molar-refractivity contribution in [2.45, 2.75) is 6.92 Å². The third kappa shape index (κ3) is 3.37. The van der Waals surface area contributed by atoms with E-state index in [2.05, 4.69) is 15.5 Å². The second-order valence-corrected chi connectivity index (χ2v) is 6.61. The number of hydrogen-bond donors (Lipinski definition) is 1. The number of carbonyl (C=O) groups excluding carboxylic acids is 1. The van der Waals surface area contributed by atoms with Crippen LogP contribution in [0.5, 0.6) is 0 Å². The number of pyridine rings is 1. The van der Waals surface area contributed by atoms with E-state index in [-0.39, 0.29) is 5.91 Å². The van der Waals surface area contributed by atoms with Crippen LogP contribution in [0.2, 0.25) is 10.0 Å². The van der Waals surface area contributed by atoms with Crippen molar-refractivity contribution in [1.29, 1.82) is 0 Å². The SMILES string of the molecule is C/C(=N\NC(=O)c1sc2cc(Cl)ccc2c1Cl)c1ccccn1. The van der Waals surface area contributed by atoms with Crippen LogP contribution in [-0.4, -0.2) is 16.6 Å². The molecule has 0 atom stereocenters. The van der Waals surface area contributed by atoms with Gasteiger partial charge in [0.25, 0.3) is 5.91 Å². The predicted molar refractivity (Wildman–Crippen MR) is 95.8 cm³/mol. The molecule has 0 aliphatic carbocycles. The van der Waals surface area contributed by atoms with E-state index in [0.29, 0.717) is 26.3 Å². The lowest BCUT2D eigenvalue weighted by Gasteiger charge is -2.01. The van der Waals surface area contributed by atoms with Gasteiger partial charge >= 0.3 is 0 Å². The fourth-order valence-electron chi connectivity index (χ4n) is 2.00. The monoisotopic (exact) mass is 363 g/mol. The van der Waals surface area contributed by atoms with Crippen LogP contribution in [0, 0.1) is 0 Å². The van der Waals surface area contributed by atoms with Crippen LogP contribution < -0.4 is 5.43 Å². The summed E-state index contributed by atoms with van der Waals surface area (Å²) >= 11 is 13.5. The summed E-state index contributed by atoms with van der Waals surface area (Å²) < 4.78 is 0.859. The van der Waals surface area contributed by atoms with Crippen molar-refractivity contribution >= 4 is 56.2 Å². The topological polar surface area (TPSA) is 54.4 Å². The molecule has 0 saturated carbocycles. The van der Waals surface area contributed by atoms with Gasteiger partial charge in [-0.1, -0.05) is 35.3 Å². The number of nitrogens with zero attached hydrogens (tertiary/aromatic N) is 2. The van der Waals surface area contributed by atoms with Crippen LogP contribution in [0.3, 0.4) is 0 Å². The summed E-state index contributed by atoms with van der Waals surface area (Å²) in [4.78, 5) is 16.9. The lowest BCUT2D eigenvalue weighted by Crippen LogP contribution is -2.18. The zero-order chi connectivity index (χ0) is 16.4. The fraction of sp³-hybridized carbons (Fsp3) is 0.0625. The molecule has 0 aliphatic heterocycles. The van der Waals surface area contributed by atoms with Crippen molar-refractivity contribution in [2.75, 3.05) is 0 Å². The lowest BCUT2D eigenvalue weighted by atomic mass is 10.2. The van der Waals surface area contributed by atoms with Gasteiger partial charge in [-0.05, 0) is 31.2 Å². The van der Waals surface area contributed by atoms with E-state index in [1.165, 1.54) is 11.3 Å². The Hall–Kier alpha value is -1.95. The first-order valence-electron chi connectivity index (χ1n) is 6.70. The van der Waals surface area contributed by atoms with Gasteiger partial charge in [-0.25, -0.2) is 5.43 Å². The number of hydrazone groups is 1. The van der Waals surface area contributed by atoms with Gasteiger partial charge in [0.1, 0.15) is 4.88 Å². The molecule has 2 heterocycles. The summed E-state index contributed by atoms with van der Waals surface area (Å²) in [5.41, 5.74) is 3.82. The number of carbonyl (C=O) groups is 1. The number of thiophene rings is 1. The minimum Gasteiger partial charge on any atom is -0.266 e. The Labute approximate surface area is 146 Å². The third-order valence-corrected chi connectivity index (χ3v) is 5.05. The number of aromatic nitrogens is 1. The number of hydrogen-bond acceptors (Lipinski definition) is 4. The van der Waals surface area contributed by atoms with E-state index >= 15 is 0 Å². The van der Waals surface area contributed by atoms with Crippen molar-refractivity contribution in [3.05, 3.63) is 63.2 Å². The van der Waals surface area contributed by atoms with Crippen molar-refractivity contribution in [1.82, 2.24) is 10.4 Å². The molecular formula is C16H11Cl2N3OS. The predicted octanol–water partition coefficient (Wildman–Crippen LogP) is 4.76. The van der Waals surface area contributed by atoms with Gasteiger partial charge < -0.3 is 0 Å². The highest BCUT2D eigenvalue weighted by Crippen LogP contribution is 2.36. The number of rotatable bonds is 3. The smallest absolute Gasteiger partial charge is 0.266 e. The molecule has 116 valence electrons. The first-order valence-corrected chi connectivity index (χ1v) is 8.27. The molecule has 4 nitrogen and oxygen atoms in total. The number of benzene rings is 1. The van der Waals surface area contributed by atoms with Gasteiger partial charge in [0.15, 0.2) is 0 Å². The van der Waals surface area contributed by atoms with Crippen LogP contribution in [-0.2, 0) is 0 Å². The zero-order valence-electron chi connectivity index (χ0n) is 12.0. The molecule has 3 aromatic rings. The molecular weight excluding hydrogens is 353 g/mol. The Kier molecular flexibility index (Phi) is 4.61. The number of nitrogens with one attached hydrogen (secondary N) is 1. The zero-order valence-corrected chi connectivity index (χ0v) is 14.3. The van der Waals surface area contributed by atoms with Gasteiger partial charge in [-0.15, -0.1) is 11.3 Å². The van der Waals surface area contributed by atoms with E-state index in [0.717, 1.165) is 10.1 Å². The maximum absolute atomic E-state index is 12.3. The highest BCUT2D eigenvalue weighted by Gasteiger charge is 2.17. The molecule has 0 fully saturated rings. The first kappa shape index (κ1) is 15.9. The summed E-state index contributed by atoms with van der Waals surface area (Å²) in [5, 5.41) is 5.89. The Bertz CT molecular complexity index is 906. The molecule has 3 rings (SSSR count). The summed E-state index contributed by atoms with van der Waals surface area (Å²) in [6, 6.07) is 10.8. The van der Waals surface area contributed by atoms with Crippen LogP contribution in [0.25, 0.3) is 10.1 Å². The number of amides is 1. The molecule has 2 aromatic heterocycles. The van der Waals surface area contributed by atoms with Gasteiger partial charge in [-0.3, -0.25) is 9.78 Å². The van der Waals surface area contributed by atoms with Crippen molar-refractivity contribution in [3.8, 4) is 0 Å². The van der Waals surface area contributed by atoms with Gasteiger partial charge in [0.2, 0.25) is 0 Å². The average molecular weight is 364 g/mol. The highest BCUT2D eigenvalue weighted by molar-refractivity contribution is 7.21. The molecule has 0 bridgehead atoms. The molecule has 1 amide bonds. The van der Waals surface area contributed by atoms with Crippen molar-refractivity contribution in [3.63, 3.8) is 0 Å². The third-order valence-electron chi connectivity index (χ3n) is 3.16. The van der Waals surface area contributed by atoms with E-state index in [4.69, 9.17) is 23.2 Å². The molecule has 1 N–H and O–H groups in total. The number of fused-ring (bicyclic) bond motifs is 1.